The molecule has 0 aliphatic heterocycles. The summed E-state index contributed by atoms with van der Waals surface area (Å²) in [6.45, 7) is 4.81. The monoisotopic (exact) mass is 406 g/mol. The topological polar surface area (TPSA) is 88.4 Å². The van der Waals surface area contributed by atoms with Gasteiger partial charge in [0.15, 0.2) is 6.61 Å². The number of para-hydroxylation sites is 1. The summed E-state index contributed by atoms with van der Waals surface area (Å²) >= 11 is 0. The van der Waals surface area contributed by atoms with Crippen molar-refractivity contribution >= 4 is 23.5 Å². The normalized spacial score (nSPS) is 13.1. The molecule has 1 N–H and O–H groups in total. The number of carbonyl (C=O) groups is 2. The lowest BCUT2D eigenvalue weighted by molar-refractivity contribution is -0.143. The minimum atomic E-state index is -1.04. The molecule has 0 aliphatic rings. The third-order valence-corrected chi connectivity index (χ3v) is 4.86. The summed E-state index contributed by atoms with van der Waals surface area (Å²) in [5.74, 6) is -0.679. The summed E-state index contributed by atoms with van der Waals surface area (Å²) in [7, 11) is 1.55. The number of nitrogens with one attached hydrogen (secondary N) is 1. The highest BCUT2D eigenvalue weighted by atomic mass is 16.5. The van der Waals surface area contributed by atoms with Gasteiger partial charge in [-0.3, -0.25) is 4.79 Å². The van der Waals surface area contributed by atoms with Crippen LogP contribution in [0.2, 0.25) is 0 Å². The first-order valence-corrected chi connectivity index (χ1v) is 9.60. The van der Waals surface area contributed by atoms with Gasteiger partial charge in [0.05, 0.1) is 18.8 Å². The molecule has 0 spiro atoms. The summed E-state index contributed by atoms with van der Waals surface area (Å²) in [5.41, 5.74) is 0.605. The van der Waals surface area contributed by atoms with Gasteiger partial charge in [0.1, 0.15) is 11.3 Å². The lowest BCUT2D eigenvalue weighted by Crippen LogP contribution is -2.50. The number of hydrogen-bond donors (Lipinski definition) is 1. The molecule has 2 rings (SSSR count). The van der Waals surface area contributed by atoms with E-state index in [1.807, 2.05) is 50.2 Å². The number of methoxy groups -OCH3 is 1. The maximum Gasteiger partial charge on any atom is 0.339 e. The molecule has 0 saturated carbocycles. The van der Waals surface area contributed by atoms with Crippen LogP contribution in [0.25, 0.3) is 11.6 Å². The smallest absolute Gasteiger partial charge is 0.339 e. The molecule has 2 aromatic carbocycles. The lowest BCUT2D eigenvalue weighted by Gasteiger charge is -2.27. The van der Waals surface area contributed by atoms with Crippen molar-refractivity contribution in [2.75, 3.05) is 13.7 Å². The van der Waals surface area contributed by atoms with Gasteiger partial charge >= 0.3 is 5.97 Å². The first-order chi connectivity index (χ1) is 14.3. The van der Waals surface area contributed by atoms with Crippen LogP contribution in [0.3, 0.4) is 0 Å². The van der Waals surface area contributed by atoms with Gasteiger partial charge in [0, 0.05) is 5.56 Å². The maximum absolute atomic E-state index is 12.8. The van der Waals surface area contributed by atoms with Crippen LogP contribution >= 0.6 is 0 Å². The van der Waals surface area contributed by atoms with Gasteiger partial charge in [-0.05, 0) is 30.5 Å². The number of amides is 1. The summed E-state index contributed by atoms with van der Waals surface area (Å²) in [5, 5.41) is 12.0. The Morgan fingerprint density at radius 3 is 2.37 bits per heavy atom. The molecule has 1 amide bonds. The summed E-state index contributed by atoms with van der Waals surface area (Å²) in [6, 6.07) is 18.4. The molecule has 30 heavy (non-hydrogen) atoms. The Kier molecular flexibility index (Phi) is 7.76. The van der Waals surface area contributed by atoms with Crippen LogP contribution < -0.4 is 10.1 Å². The Bertz CT molecular complexity index is 961. The van der Waals surface area contributed by atoms with E-state index in [1.165, 1.54) is 0 Å². The van der Waals surface area contributed by atoms with Crippen LogP contribution in [-0.4, -0.2) is 31.1 Å². The van der Waals surface area contributed by atoms with E-state index in [0.717, 1.165) is 0 Å². The third kappa shape index (κ3) is 5.71. The predicted octanol–water partition coefficient (Wildman–Crippen LogP) is 3.83. The van der Waals surface area contributed by atoms with Crippen molar-refractivity contribution in [3.8, 4) is 11.8 Å². The Hall–Kier alpha value is -3.59. The largest absolute Gasteiger partial charge is 0.496 e. The van der Waals surface area contributed by atoms with Crippen LogP contribution in [0.4, 0.5) is 0 Å². The number of ether oxygens (including phenoxy) is 2. The molecule has 0 fully saturated rings. The number of rotatable bonds is 8. The Morgan fingerprint density at radius 1 is 1.13 bits per heavy atom. The van der Waals surface area contributed by atoms with Crippen molar-refractivity contribution in [1.29, 1.82) is 5.26 Å². The van der Waals surface area contributed by atoms with E-state index in [-0.39, 0.29) is 5.92 Å². The molecule has 156 valence electrons. The average molecular weight is 406 g/mol. The fourth-order valence-electron chi connectivity index (χ4n) is 2.65. The van der Waals surface area contributed by atoms with E-state index < -0.39 is 24.0 Å². The fraction of sp³-hybridized carbons (Fsp3) is 0.292. The maximum atomic E-state index is 12.8. The zero-order valence-corrected chi connectivity index (χ0v) is 17.6. The third-order valence-electron chi connectivity index (χ3n) is 4.86. The molecule has 0 radical (unpaired) electrons. The van der Waals surface area contributed by atoms with Crippen molar-refractivity contribution in [2.45, 2.75) is 26.3 Å². The molecule has 1 unspecified atom stereocenters. The van der Waals surface area contributed by atoms with Gasteiger partial charge in [-0.2, -0.15) is 5.26 Å². The fourth-order valence-corrected chi connectivity index (χ4v) is 2.65. The Labute approximate surface area is 177 Å². The minimum absolute atomic E-state index is 0.104. The zero-order chi connectivity index (χ0) is 22.1. The molecule has 6 heteroatoms. The number of esters is 1. The second-order valence-corrected chi connectivity index (χ2v) is 7.26. The van der Waals surface area contributed by atoms with Gasteiger partial charge in [-0.1, -0.05) is 62.4 Å². The van der Waals surface area contributed by atoms with Crippen molar-refractivity contribution in [3.05, 3.63) is 65.7 Å². The van der Waals surface area contributed by atoms with Gasteiger partial charge in [0.2, 0.25) is 0 Å². The summed E-state index contributed by atoms with van der Waals surface area (Å²) in [4.78, 5) is 25.1. The molecule has 0 aliphatic carbocycles. The van der Waals surface area contributed by atoms with Gasteiger partial charge < -0.3 is 14.8 Å². The summed E-state index contributed by atoms with van der Waals surface area (Å²) < 4.78 is 10.6. The molecule has 0 bridgehead atoms. The second kappa shape index (κ2) is 10.3. The number of benzene rings is 2. The van der Waals surface area contributed by atoms with Crippen LogP contribution in [0.5, 0.6) is 5.75 Å². The highest BCUT2D eigenvalue weighted by Crippen LogP contribution is 2.25. The first kappa shape index (κ1) is 22.7. The number of nitriles is 1. The molecule has 0 aromatic heterocycles. The van der Waals surface area contributed by atoms with E-state index in [2.05, 4.69) is 11.4 Å². The second-order valence-electron chi connectivity index (χ2n) is 7.26. The first-order valence-electron chi connectivity index (χ1n) is 9.60. The molecular weight excluding hydrogens is 380 g/mol. The van der Waals surface area contributed by atoms with E-state index in [4.69, 9.17) is 9.47 Å². The van der Waals surface area contributed by atoms with Crippen molar-refractivity contribution in [1.82, 2.24) is 5.32 Å². The molecule has 0 heterocycles. The molecule has 0 saturated heterocycles. The average Bonchev–Trinajstić information content (AvgIpc) is 2.76. The van der Waals surface area contributed by atoms with Crippen molar-refractivity contribution in [3.63, 3.8) is 0 Å². The quantitative estimate of drug-likeness (QED) is 0.409. The zero-order valence-electron chi connectivity index (χ0n) is 17.6. The highest BCUT2D eigenvalue weighted by molar-refractivity contribution is 6.22. The lowest BCUT2D eigenvalue weighted by atomic mass is 9.90. The minimum Gasteiger partial charge on any atom is -0.496 e. The van der Waals surface area contributed by atoms with E-state index >= 15 is 0 Å². The molecule has 1 atom stereocenters. The molecular formula is C24H26N2O4. The van der Waals surface area contributed by atoms with Crippen LogP contribution in [0, 0.1) is 17.2 Å². The van der Waals surface area contributed by atoms with E-state index in [1.54, 1.807) is 38.3 Å². The van der Waals surface area contributed by atoms with Crippen molar-refractivity contribution in [2.24, 2.45) is 5.92 Å². The Balaban J connectivity index is 2.24. The van der Waals surface area contributed by atoms with E-state index in [0.29, 0.717) is 22.4 Å². The van der Waals surface area contributed by atoms with Crippen LogP contribution in [0.1, 0.15) is 31.9 Å². The number of hydrogen-bond acceptors (Lipinski definition) is 5. The predicted molar refractivity (Wildman–Crippen MR) is 115 cm³/mol. The molecule has 2 aromatic rings. The van der Waals surface area contributed by atoms with Crippen molar-refractivity contribution < 1.29 is 19.1 Å². The van der Waals surface area contributed by atoms with Crippen LogP contribution in [-0.2, 0) is 14.3 Å². The number of carbonyl (C=O) groups excluding carboxylic acids is 2. The van der Waals surface area contributed by atoms with Crippen LogP contribution in [0.15, 0.2) is 54.6 Å². The standard InChI is InChI=1S/C24H26N2O4/c1-17(2)24(3,16-25)26-22(27)15-30-23(28)20(18-10-6-5-7-11-18)14-19-12-8-9-13-21(19)29-4/h5-14,17H,15H2,1-4H3,(H,26,27)/b20-14+. The number of nitrogens with zero attached hydrogens (tertiary/aromatic N) is 1. The van der Waals surface area contributed by atoms with E-state index in [9.17, 15) is 14.9 Å². The SMILES string of the molecule is COc1ccccc1/C=C(/C(=O)OCC(=O)NC(C)(C#N)C(C)C)c1ccccc1. The Morgan fingerprint density at radius 2 is 1.77 bits per heavy atom. The van der Waals surface area contributed by atoms with Gasteiger partial charge in [0.25, 0.3) is 5.91 Å². The summed E-state index contributed by atoms with van der Waals surface area (Å²) in [6.07, 6.45) is 1.67. The van der Waals surface area contributed by atoms with Gasteiger partial charge in [-0.25, -0.2) is 4.79 Å². The molecule has 6 nitrogen and oxygen atoms in total. The highest BCUT2D eigenvalue weighted by Gasteiger charge is 2.30. The van der Waals surface area contributed by atoms with Gasteiger partial charge in [-0.15, -0.1) is 0 Å².